The first-order chi connectivity index (χ1) is 20.4. The van der Waals surface area contributed by atoms with Gasteiger partial charge in [0, 0.05) is 44.9 Å². The summed E-state index contributed by atoms with van der Waals surface area (Å²) in [7, 11) is 3.10. The second-order valence-corrected chi connectivity index (χ2v) is 11.2. The van der Waals surface area contributed by atoms with E-state index in [1.807, 2.05) is 36.6 Å². The summed E-state index contributed by atoms with van der Waals surface area (Å²) in [6, 6.07) is 24.9. The van der Waals surface area contributed by atoms with Gasteiger partial charge in [-0.15, -0.1) is 23.1 Å². The molecule has 1 atom stereocenters. The second kappa shape index (κ2) is 14.9. The molecule has 1 aromatic heterocycles. The minimum atomic E-state index is -0.466. The molecule has 0 saturated carbocycles. The van der Waals surface area contributed by atoms with Crippen LogP contribution in [0.2, 0.25) is 0 Å². The van der Waals surface area contributed by atoms with Gasteiger partial charge in [0.05, 0.1) is 19.5 Å². The van der Waals surface area contributed by atoms with Crippen molar-refractivity contribution in [3.8, 4) is 11.5 Å². The Morgan fingerprint density at radius 3 is 2.24 bits per heavy atom. The van der Waals surface area contributed by atoms with Gasteiger partial charge in [-0.2, -0.15) is 0 Å². The third-order valence-electron chi connectivity index (χ3n) is 6.01. The molecule has 0 radical (unpaired) electrons. The van der Waals surface area contributed by atoms with E-state index in [4.69, 9.17) is 9.47 Å². The molecular formula is C32H31N3O5S2. The number of methoxy groups -OCH3 is 2. The lowest BCUT2D eigenvalue weighted by atomic mass is 10.2. The summed E-state index contributed by atoms with van der Waals surface area (Å²) in [4.78, 5) is 40.9. The second-order valence-electron chi connectivity index (χ2n) is 8.98. The summed E-state index contributed by atoms with van der Waals surface area (Å²) in [6.45, 7) is 1.94. The molecule has 42 heavy (non-hydrogen) atoms. The van der Waals surface area contributed by atoms with Crippen LogP contribution < -0.4 is 25.4 Å². The average Bonchev–Trinajstić information content (AvgIpc) is 3.53. The number of hydrogen-bond donors (Lipinski definition) is 3. The van der Waals surface area contributed by atoms with Gasteiger partial charge < -0.3 is 25.4 Å². The summed E-state index contributed by atoms with van der Waals surface area (Å²) < 4.78 is 10.6. The summed E-state index contributed by atoms with van der Waals surface area (Å²) in [5, 5.41) is 10.1. The highest BCUT2D eigenvalue weighted by molar-refractivity contribution is 8.00. The maximum Gasteiger partial charge on any atom is 0.272 e. The number of thioether (sulfide) groups is 1. The lowest BCUT2D eigenvalue weighted by Gasteiger charge is -2.17. The van der Waals surface area contributed by atoms with E-state index < -0.39 is 11.2 Å². The summed E-state index contributed by atoms with van der Waals surface area (Å²) in [5.74, 6) is 0.120. The Hall–Kier alpha value is -4.54. The van der Waals surface area contributed by atoms with E-state index in [0.717, 1.165) is 9.77 Å². The van der Waals surface area contributed by atoms with Gasteiger partial charge in [-0.1, -0.05) is 37.3 Å². The van der Waals surface area contributed by atoms with E-state index in [-0.39, 0.29) is 17.5 Å². The van der Waals surface area contributed by atoms with Gasteiger partial charge in [-0.3, -0.25) is 14.4 Å². The Kier molecular flexibility index (Phi) is 10.8. The number of nitrogens with one attached hydrogen (secondary N) is 3. The molecule has 0 aliphatic rings. The lowest BCUT2D eigenvalue weighted by molar-refractivity contribution is -0.116. The highest BCUT2D eigenvalue weighted by atomic mass is 32.2. The van der Waals surface area contributed by atoms with Crippen LogP contribution in [0.3, 0.4) is 0 Å². The minimum absolute atomic E-state index is 0.115. The number of hydrogen-bond acceptors (Lipinski definition) is 7. The third kappa shape index (κ3) is 8.48. The van der Waals surface area contributed by atoms with Crippen LogP contribution in [0.5, 0.6) is 11.5 Å². The van der Waals surface area contributed by atoms with Crippen LogP contribution in [0.25, 0.3) is 6.08 Å². The van der Waals surface area contributed by atoms with Crippen LogP contribution in [0.1, 0.15) is 28.6 Å². The van der Waals surface area contributed by atoms with Crippen molar-refractivity contribution in [1.82, 2.24) is 5.32 Å². The topological polar surface area (TPSA) is 106 Å². The summed E-state index contributed by atoms with van der Waals surface area (Å²) in [5.41, 5.74) is 1.66. The molecule has 3 amide bonds. The molecule has 0 aliphatic heterocycles. The van der Waals surface area contributed by atoms with Crippen molar-refractivity contribution in [1.29, 1.82) is 0 Å². The largest absolute Gasteiger partial charge is 0.497 e. The molecule has 4 rings (SSSR count). The van der Waals surface area contributed by atoms with E-state index in [1.165, 1.54) is 23.1 Å². The van der Waals surface area contributed by atoms with E-state index in [2.05, 4.69) is 16.0 Å². The van der Waals surface area contributed by atoms with Crippen molar-refractivity contribution in [2.75, 3.05) is 24.9 Å². The smallest absolute Gasteiger partial charge is 0.272 e. The fourth-order valence-electron chi connectivity index (χ4n) is 3.89. The molecule has 3 aromatic carbocycles. The van der Waals surface area contributed by atoms with Crippen molar-refractivity contribution in [3.05, 3.63) is 106 Å². The summed E-state index contributed by atoms with van der Waals surface area (Å²) in [6.07, 6.45) is 2.22. The number of carbonyl (C=O) groups is 3. The molecule has 1 heterocycles. The molecule has 216 valence electrons. The Labute approximate surface area is 253 Å². The minimum Gasteiger partial charge on any atom is -0.497 e. The van der Waals surface area contributed by atoms with Gasteiger partial charge >= 0.3 is 0 Å². The zero-order valence-corrected chi connectivity index (χ0v) is 25.0. The monoisotopic (exact) mass is 601 g/mol. The SMILES string of the molecule is CCC(Sc1cccc(NC(=O)/C(=C/c2cccs2)NC(=O)c2ccccc2)c1)C(=O)Nc1cc(OC)cc(OC)c1. The maximum atomic E-state index is 13.3. The van der Waals surface area contributed by atoms with Crippen molar-refractivity contribution in [3.63, 3.8) is 0 Å². The zero-order valence-electron chi connectivity index (χ0n) is 23.4. The third-order valence-corrected chi connectivity index (χ3v) is 8.19. The molecule has 0 bridgehead atoms. The van der Waals surface area contributed by atoms with Gasteiger partial charge in [0.15, 0.2) is 0 Å². The first kappa shape index (κ1) is 30.4. The van der Waals surface area contributed by atoms with Crippen LogP contribution in [0.4, 0.5) is 11.4 Å². The lowest BCUT2D eigenvalue weighted by Crippen LogP contribution is -2.30. The molecular weight excluding hydrogens is 571 g/mol. The van der Waals surface area contributed by atoms with E-state index >= 15 is 0 Å². The van der Waals surface area contributed by atoms with Crippen molar-refractivity contribution in [2.24, 2.45) is 0 Å². The molecule has 1 unspecified atom stereocenters. The molecule has 0 saturated heterocycles. The van der Waals surface area contributed by atoms with E-state index in [9.17, 15) is 14.4 Å². The Morgan fingerprint density at radius 1 is 0.857 bits per heavy atom. The molecule has 0 fully saturated rings. The maximum absolute atomic E-state index is 13.3. The number of ether oxygens (including phenoxy) is 2. The molecule has 0 aliphatic carbocycles. The quantitative estimate of drug-likeness (QED) is 0.124. The number of thiophene rings is 1. The van der Waals surface area contributed by atoms with Gasteiger partial charge in [0.2, 0.25) is 5.91 Å². The van der Waals surface area contributed by atoms with Gasteiger partial charge in [0.1, 0.15) is 17.2 Å². The highest BCUT2D eigenvalue weighted by Crippen LogP contribution is 2.30. The number of carbonyl (C=O) groups excluding carboxylic acids is 3. The molecule has 3 N–H and O–H groups in total. The normalized spacial score (nSPS) is 11.7. The van der Waals surface area contributed by atoms with E-state index in [0.29, 0.717) is 34.9 Å². The van der Waals surface area contributed by atoms with Crippen LogP contribution in [-0.2, 0) is 9.59 Å². The zero-order chi connectivity index (χ0) is 29.9. The molecule has 4 aromatic rings. The predicted molar refractivity (Wildman–Crippen MR) is 169 cm³/mol. The van der Waals surface area contributed by atoms with Crippen LogP contribution in [0, 0.1) is 0 Å². The fourth-order valence-corrected chi connectivity index (χ4v) is 5.56. The fraction of sp³-hybridized carbons (Fsp3) is 0.156. The Morgan fingerprint density at radius 2 is 1.60 bits per heavy atom. The first-order valence-electron chi connectivity index (χ1n) is 13.1. The Bertz CT molecular complexity index is 1530. The highest BCUT2D eigenvalue weighted by Gasteiger charge is 2.20. The first-order valence-corrected chi connectivity index (χ1v) is 14.9. The van der Waals surface area contributed by atoms with E-state index in [1.54, 1.807) is 81.0 Å². The molecule has 0 spiro atoms. The van der Waals surface area contributed by atoms with Crippen molar-refractivity contribution in [2.45, 2.75) is 23.5 Å². The number of amides is 3. The average molecular weight is 602 g/mol. The van der Waals surface area contributed by atoms with Crippen molar-refractivity contribution >= 4 is 58.3 Å². The van der Waals surface area contributed by atoms with Gasteiger partial charge in [-0.25, -0.2) is 0 Å². The number of rotatable bonds is 12. The standard InChI is InChI=1S/C32H31N3O5S2/c1-4-29(32(38)34-23-16-24(39-2)19-25(17-23)40-3)42-27-13-8-12-22(18-27)33-31(37)28(20-26-14-9-15-41-26)35-30(36)21-10-6-5-7-11-21/h5-20,29H,4H2,1-3H3,(H,33,37)(H,34,38)(H,35,36)/b28-20-. The molecule has 10 heteroatoms. The van der Waals surface area contributed by atoms with Crippen LogP contribution in [0.15, 0.2) is 101 Å². The molecule has 8 nitrogen and oxygen atoms in total. The van der Waals surface area contributed by atoms with Gasteiger partial charge in [-0.05, 0) is 54.3 Å². The van der Waals surface area contributed by atoms with Crippen LogP contribution >= 0.6 is 23.1 Å². The van der Waals surface area contributed by atoms with Crippen LogP contribution in [-0.4, -0.2) is 37.2 Å². The van der Waals surface area contributed by atoms with Gasteiger partial charge in [0.25, 0.3) is 11.8 Å². The number of benzene rings is 3. The Balaban J connectivity index is 1.46. The predicted octanol–water partition coefficient (Wildman–Crippen LogP) is 6.68. The van der Waals surface area contributed by atoms with Crippen molar-refractivity contribution < 1.29 is 23.9 Å². The summed E-state index contributed by atoms with van der Waals surface area (Å²) >= 11 is 2.84. The number of anilines is 2.